The number of nitrogens with one attached hydrogen (secondary N) is 1. The van der Waals surface area contributed by atoms with E-state index < -0.39 is 0 Å². The molecule has 154 valence electrons. The number of aryl methyl sites for hydroxylation is 1. The lowest BCUT2D eigenvalue weighted by Crippen LogP contribution is -2.19. The number of nitrogens with zero attached hydrogens (tertiary/aromatic N) is 5. The number of hydrogen-bond acceptors (Lipinski definition) is 5. The van der Waals surface area contributed by atoms with Crippen LogP contribution in [0.4, 0.5) is 0 Å². The maximum absolute atomic E-state index is 13.2. The zero-order chi connectivity index (χ0) is 20.3. The van der Waals surface area contributed by atoms with Crippen molar-refractivity contribution in [1.29, 1.82) is 0 Å². The van der Waals surface area contributed by atoms with E-state index >= 15 is 0 Å². The summed E-state index contributed by atoms with van der Waals surface area (Å²) in [5, 5.41) is 12.5. The zero-order valence-corrected chi connectivity index (χ0v) is 17.6. The first kappa shape index (κ1) is 19.1. The Morgan fingerprint density at radius 3 is 2.87 bits per heavy atom. The normalized spacial score (nSPS) is 14.0. The Labute approximate surface area is 178 Å². The highest BCUT2D eigenvalue weighted by Gasteiger charge is 2.26. The van der Waals surface area contributed by atoms with Crippen LogP contribution in [0, 0.1) is 0 Å². The van der Waals surface area contributed by atoms with Crippen molar-refractivity contribution in [3.63, 3.8) is 0 Å². The van der Waals surface area contributed by atoms with Gasteiger partial charge in [0, 0.05) is 24.2 Å². The minimum atomic E-state index is -0.0640. The van der Waals surface area contributed by atoms with Gasteiger partial charge in [0.2, 0.25) is 0 Å². The fourth-order valence-electron chi connectivity index (χ4n) is 4.06. The van der Waals surface area contributed by atoms with Crippen LogP contribution in [0.5, 0.6) is 0 Å². The van der Waals surface area contributed by atoms with Gasteiger partial charge in [-0.3, -0.25) is 9.89 Å². The summed E-state index contributed by atoms with van der Waals surface area (Å²) >= 11 is 1.76. The van der Waals surface area contributed by atoms with Crippen LogP contribution in [0.3, 0.4) is 0 Å². The van der Waals surface area contributed by atoms with Crippen molar-refractivity contribution in [3.05, 3.63) is 64.3 Å². The van der Waals surface area contributed by atoms with Crippen LogP contribution in [-0.2, 0) is 19.4 Å². The molecule has 0 atom stereocenters. The Bertz CT molecular complexity index is 1150. The van der Waals surface area contributed by atoms with Crippen LogP contribution in [0.15, 0.2) is 52.7 Å². The molecule has 2 aromatic rings. The van der Waals surface area contributed by atoms with Gasteiger partial charge in [-0.05, 0) is 49.8 Å². The van der Waals surface area contributed by atoms with Gasteiger partial charge in [-0.2, -0.15) is 9.78 Å². The molecule has 1 aromatic carbocycles. The summed E-state index contributed by atoms with van der Waals surface area (Å²) in [4.78, 5) is 18.1. The molecule has 3 aliphatic rings. The van der Waals surface area contributed by atoms with E-state index in [2.05, 4.69) is 19.9 Å². The van der Waals surface area contributed by atoms with E-state index in [4.69, 9.17) is 4.98 Å². The third-order valence-electron chi connectivity index (χ3n) is 5.56. The molecule has 0 spiro atoms. The maximum atomic E-state index is 13.2. The van der Waals surface area contributed by atoms with Crippen molar-refractivity contribution in [2.75, 3.05) is 5.75 Å². The predicted molar refractivity (Wildman–Crippen MR) is 117 cm³/mol. The minimum absolute atomic E-state index is 0.0640. The number of fused-ring (bicyclic) bond motifs is 3. The van der Waals surface area contributed by atoms with Crippen LogP contribution >= 0.6 is 11.8 Å². The standard InChI is InChI=1S/C22H24N6OS/c29-21-19-18-11-5-2-6-12-27(18)22(30-13-7-8-16-14-23-24-15-16)25-20(19)26-28(21)17-9-3-1-4-10-17/h1,3-4,9-10,14-15H,2,5-8,11-13H2,(H,23,24). The van der Waals surface area contributed by atoms with E-state index in [9.17, 15) is 4.79 Å². The van der Waals surface area contributed by atoms with Crippen molar-refractivity contribution >= 4 is 11.8 Å². The van der Waals surface area contributed by atoms with Crippen LogP contribution in [0.2, 0.25) is 0 Å². The van der Waals surface area contributed by atoms with Crippen molar-refractivity contribution in [2.45, 2.75) is 50.2 Å². The maximum Gasteiger partial charge on any atom is 0.284 e. The molecule has 0 radical (unpaired) electrons. The fourth-order valence-corrected chi connectivity index (χ4v) is 5.04. The summed E-state index contributed by atoms with van der Waals surface area (Å²) in [6.45, 7) is 0.915. The van der Waals surface area contributed by atoms with E-state index in [1.54, 1.807) is 11.8 Å². The highest BCUT2D eigenvalue weighted by molar-refractivity contribution is 7.99. The SMILES string of the molecule is O=c1c2c3n(c(SCCCc4cn[nH]c4)nc-2nn1-c1ccccc1)CCCCC3. The molecule has 1 aromatic heterocycles. The van der Waals surface area contributed by atoms with Crippen LogP contribution in [0.25, 0.3) is 17.1 Å². The monoisotopic (exact) mass is 420 g/mol. The zero-order valence-electron chi connectivity index (χ0n) is 16.8. The Kier molecular flexibility index (Phi) is 5.40. The van der Waals surface area contributed by atoms with Crippen LogP contribution < -0.4 is 5.56 Å². The molecule has 0 unspecified atom stereocenters. The summed E-state index contributed by atoms with van der Waals surface area (Å²) < 4.78 is 3.77. The highest BCUT2D eigenvalue weighted by Crippen LogP contribution is 2.30. The number of thioether (sulfide) groups is 1. The number of rotatable bonds is 6. The van der Waals surface area contributed by atoms with Crippen molar-refractivity contribution in [3.8, 4) is 17.1 Å². The molecule has 7 nitrogen and oxygen atoms in total. The van der Waals surface area contributed by atoms with Crippen molar-refractivity contribution < 1.29 is 0 Å². The molecule has 4 heterocycles. The lowest BCUT2D eigenvalue weighted by molar-refractivity contribution is 0.571. The van der Waals surface area contributed by atoms with Gasteiger partial charge < -0.3 is 4.57 Å². The van der Waals surface area contributed by atoms with Crippen molar-refractivity contribution in [1.82, 2.24) is 29.5 Å². The number of aromatic amines is 1. The van der Waals surface area contributed by atoms with Crippen molar-refractivity contribution in [2.24, 2.45) is 0 Å². The smallest absolute Gasteiger partial charge is 0.284 e. The second kappa shape index (κ2) is 8.47. The summed E-state index contributed by atoms with van der Waals surface area (Å²) in [6.07, 6.45) is 10.2. The molecule has 3 aliphatic heterocycles. The molecular weight excluding hydrogens is 396 g/mol. The Morgan fingerprint density at radius 2 is 2.03 bits per heavy atom. The molecule has 1 N–H and O–H groups in total. The molecule has 0 bridgehead atoms. The molecule has 8 heteroatoms. The third kappa shape index (κ3) is 3.67. The number of para-hydroxylation sites is 1. The van der Waals surface area contributed by atoms with E-state index in [1.165, 1.54) is 16.7 Å². The summed E-state index contributed by atoms with van der Waals surface area (Å²) in [6, 6.07) is 9.60. The van der Waals surface area contributed by atoms with Gasteiger partial charge in [-0.25, -0.2) is 4.98 Å². The molecule has 0 fully saturated rings. The molecule has 0 aliphatic carbocycles. The summed E-state index contributed by atoms with van der Waals surface area (Å²) in [5.74, 6) is 1.53. The highest BCUT2D eigenvalue weighted by atomic mass is 32.2. The largest absolute Gasteiger partial charge is 0.324 e. The number of hydrogen-bond donors (Lipinski definition) is 1. The van der Waals surface area contributed by atoms with Gasteiger partial charge in [0.05, 0.1) is 11.9 Å². The predicted octanol–water partition coefficient (Wildman–Crippen LogP) is 3.71. The van der Waals surface area contributed by atoms with Gasteiger partial charge in [-0.1, -0.05) is 36.4 Å². The second-order valence-corrected chi connectivity index (χ2v) is 8.68. The summed E-state index contributed by atoms with van der Waals surface area (Å²) in [5.41, 5.74) is 3.72. The Balaban J connectivity index is 1.50. The lowest BCUT2D eigenvalue weighted by Gasteiger charge is -2.17. The quantitative estimate of drug-likeness (QED) is 0.292. The molecule has 30 heavy (non-hydrogen) atoms. The van der Waals surface area contributed by atoms with Gasteiger partial charge in [0.1, 0.15) is 5.56 Å². The number of H-pyrrole nitrogens is 1. The Morgan fingerprint density at radius 1 is 1.13 bits per heavy atom. The minimum Gasteiger partial charge on any atom is -0.324 e. The molecule has 0 saturated carbocycles. The topological polar surface area (TPSA) is 81.4 Å². The van der Waals surface area contributed by atoms with Gasteiger partial charge in [0.25, 0.3) is 5.56 Å². The van der Waals surface area contributed by atoms with Crippen LogP contribution in [0.1, 0.15) is 36.9 Å². The van der Waals surface area contributed by atoms with E-state index in [0.29, 0.717) is 11.4 Å². The first-order valence-electron chi connectivity index (χ1n) is 10.5. The van der Waals surface area contributed by atoms with Gasteiger partial charge in [0.15, 0.2) is 11.0 Å². The summed E-state index contributed by atoms with van der Waals surface area (Å²) in [7, 11) is 0. The first-order chi connectivity index (χ1) is 14.8. The molecule has 0 amide bonds. The Hall–Kier alpha value is -2.87. The average molecular weight is 421 g/mol. The molecular formula is C22H24N6OS. The van der Waals surface area contributed by atoms with Gasteiger partial charge >= 0.3 is 0 Å². The fraction of sp³-hybridized carbons (Fsp3) is 0.364. The molecule has 0 saturated heterocycles. The number of benzene rings is 1. The average Bonchev–Trinajstić information content (AvgIpc) is 3.33. The number of aromatic nitrogens is 6. The van der Waals surface area contributed by atoms with E-state index in [0.717, 1.165) is 60.9 Å². The second-order valence-electron chi connectivity index (χ2n) is 7.61. The third-order valence-corrected chi connectivity index (χ3v) is 6.63. The lowest BCUT2D eigenvalue weighted by atomic mass is 10.1. The molecule has 5 rings (SSSR count). The van der Waals surface area contributed by atoms with E-state index in [-0.39, 0.29) is 5.56 Å². The first-order valence-corrected chi connectivity index (χ1v) is 11.5. The van der Waals surface area contributed by atoms with E-state index in [1.807, 2.05) is 42.7 Å². The van der Waals surface area contributed by atoms with Crippen LogP contribution in [-0.4, -0.2) is 35.3 Å². The van der Waals surface area contributed by atoms with Gasteiger partial charge in [-0.15, -0.1) is 5.10 Å².